The van der Waals surface area contributed by atoms with Crippen molar-refractivity contribution < 1.29 is 4.42 Å². The Hall–Kier alpha value is -2.50. The van der Waals surface area contributed by atoms with Crippen molar-refractivity contribution in [3.63, 3.8) is 0 Å². The lowest BCUT2D eigenvalue weighted by Crippen LogP contribution is -2.22. The van der Waals surface area contributed by atoms with Crippen LogP contribution >= 0.6 is 0 Å². The molecule has 1 saturated carbocycles. The third-order valence-electron chi connectivity index (χ3n) is 4.62. The number of hydrogen-bond acceptors (Lipinski definition) is 5. The van der Waals surface area contributed by atoms with Crippen molar-refractivity contribution in [2.75, 3.05) is 0 Å². The molecule has 1 aromatic carbocycles. The molecule has 2 aromatic heterocycles. The third kappa shape index (κ3) is 2.17. The van der Waals surface area contributed by atoms with Gasteiger partial charge in [0, 0.05) is 17.8 Å². The Kier molecular flexibility index (Phi) is 2.91. The van der Waals surface area contributed by atoms with Crippen LogP contribution in [-0.4, -0.2) is 20.0 Å². The van der Waals surface area contributed by atoms with Gasteiger partial charge in [-0.2, -0.15) is 5.10 Å². The molecular weight excluding hydrogens is 292 g/mol. The summed E-state index contributed by atoms with van der Waals surface area (Å²) in [5.41, 5.74) is 0.691. The van der Waals surface area contributed by atoms with E-state index in [2.05, 4.69) is 29.1 Å². The molecule has 1 fully saturated rings. The topological polar surface area (TPSA) is 73.8 Å². The van der Waals surface area contributed by atoms with Gasteiger partial charge in [0.15, 0.2) is 5.69 Å². The summed E-state index contributed by atoms with van der Waals surface area (Å²) >= 11 is 0. The second kappa shape index (κ2) is 4.75. The molecule has 23 heavy (non-hydrogen) atoms. The van der Waals surface area contributed by atoms with E-state index in [1.807, 2.05) is 25.1 Å². The van der Waals surface area contributed by atoms with E-state index < -0.39 is 0 Å². The van der Waals surface area contributed by atoms with Gasteiger partial charge in [0.05, 0.1) is 5.39 Å². The van der Waals surface area contributed by atoms with Crippen LogP contribution in [0.1, 0.15) is 39.0 Å². The fourth-order valence-electron chi connectivity index (χ4n) is 2.97. The summed E-state index contributed by atoms with van der Waals surface area (Å²) in [4.78, 5) is 12.4. The lowest BCUT2D eigenvalue weighted by Gasteiger charge is -2.06. The van der Waals surface area contributed by atoms with Crippen LogP contribution in [0.4, 0.5) is 0 Å². The molecule has 4 rings (SSSR count). The summed E-state index contributed by atoms with van der Waals surface area (Å²) in [6.45, 7) is 6.76. The highest BCUT2D eigenvalue weighted by atomic mass is 16.4. The van der Waals surface area contributed by atoms with Crippen LogP contribution in [0.15, 0.2) is 33.5 Å². The summed E-state index contributed by atoms with van der Waals surface area (Å²) in [5.74, 6) is 1.35. The van der Waals surface area contributed by atoms with Gasteiger partial charge in [0.2, 0.25) is 5.89 Å². The molecule has 0 saturated heterocycles. The zero-order valence-corrected chi connectivity index (χ0v) is 13.4. The molecule has 0 radical (unpaired) electrons. The van der Waals surface area contributed by atoms with E-state index in [0.29, 0.717) is 35.3 Å². The monoisotopic (exact) mass is 310 g/mol. The molecule has 118 valence electrons. The lowest BCUT2D eigenvalue weighted by atomic mass is 10.1. The molecule has 3 aromatic rings. The number of benzene rings is 1. The van der Waals surface area contributed by atoms with Gasteiger partial charge < -0.3 is 4.42 Å². The Morgan fingerprint density at radius 2 is 1.96 bits per heavy atom. The first-order valence-corrected chi connectivity index (χ1v) is 7.85. The Morgan fingerprint density at radius 1 is 1.26 bits per heavy atom. The molecule has 0 spiro atoms. The smallest absolute Gasteiger partial charge is 0.274 e. The minimum Gasteiger partial charge on any atom is -0.419 e. The molecular formula is C17H18N4O2. The summed E-state index contributed by atoms with van der Waals surface area (Å²) < 4.78 is 7.31. The molecule has 1 aliphatic rings. The SMILES string of the molecule is CCn1nc(-c2nnc([C@@H]3CC3(C)C)o2)c2ccccc2c1=O. The maximum atomic E-state index is 12.4. The summed E-state index contributed by atoms with van der Waals surface area (Å²) in [6.07, 6.45) is 1.05. The van der Waals surface area contributed by atoms with Gasteiger partial charge in [-0.15, -0.1) is 10.2 Å². The maximum Gasteiger partial charge on any atom is 0.274 e. The first kappa shape index (κ1) is 14.1. The average Bonchev–Trinajstić information content (AvgIpc) is 2.97. The van der Waals surface area contributed by atoms with Crippen LogP contribution in [0.25, 0.3) is 22.4 Å². The van der Waals surface area contributed by atoms with Crippen LogP contribution in [0.5, 0.6) is 0 Å². The fraction of sp³-hybridized carbons (Fsp3) is 0.412. The summed E-state index contributed by atoms with van der Waals surface area (Å²) in [6, 6.07) is 7.39. The molecule has 0 unspecified atom stereocenters. The summed E-state index contributed by atoms with van der Waals surface area (Å²) in [5, 5.41) is 14.2. The number of fused-ring (bicyclic) bond motifs is 1. The van der Waals surface area contributed by atoms with Crippen LogP contribution in [0.3, 0.4) is 0 Å². The molecule has 1 atom stereocenters. The first-order valence-electron chi connectivity index (χ1n) is 7.85. The fourth-order valence-corrected chi connectivity index (χ4v) is 2.97. The Balaban J connectivity index is 1.89. The van der Waals surface area contributed by atoms with Crippen LogP contribution in [-0.2, 0) is 6.54 Å². The Bertz CT molecular complexity index is 955. The second-order valence-electron chi connectivity index (χ2n) is 6.71. The summed E-state index contributed by atoms with van der Waals surface area (Å²) in [7, 11) is 0. The van der Waals surface area contributed by atoms with Gasteiger partial charge in [0.1, 0.15) is 0 Å². The standard InChI is InChI=1S/C17H18N4O2/c1-4-21-16(22)11-8-6-5-7-10(11)13(20-21)15-19-18-14(23-15)12-9-17(12,2)3/h5-8,12H,4,9H2,1-3H3/t12-/m0/s1. The zero-order chi connectivity index (χ0) is 16.2. The van der Waals surface area contributed by atoms with Crippen molar-refractivity contribution in [1.82, 2.24) is 20.0 Å². The number of rotatable bonds is 3. The molecule has 0 amide bonds. The lowest BCUT2D eigenvalue weighted by molar-refractivity contribution is 0.473. The molecule has 2 heterocycles. The Morgan fingerprint density at radius 3 is 2.61 bits per heavy atom. The van der Waals surface area contributed by atoms with E-state index in [1.54, 1.807) is 6.07 Å². The highest BCUT2D eigenvalue weighted by Gasteiger charge is 2.50. The van der Waals surface area contributed by atoms with Gasteiger partial charge >= 0.3 is 0 Å². The van der Waals surface area contributed by atoms with E-state index in [1.165, 1.54) is 4.68 Å². The van der Waals surface area contributed by atoms with E-state index >= 15 is 0 Å². The van der Waals surface area contributed by atoms with E-state index in [-0.39, 0.29) is 11.0 Å². The number of nitrogens with zero attached hydrogens (tertiary/aromatic N) is 4. The highest BCUT2D eigenvalue weighted by molar-refractivity contribution is 5.91. The van der Waals surface area contributed by atoms with Crippen molar-refractivity contribution in [3.8, 4) is 11.6 Å². The van der Waals surface area contributed by atoms with Gasteiger partial charge in [-0.1, -0.05) is 32.0 Å². The van der Waals surface area contributed by atoms with Crippen molar-refractivity contribution >= 4 is 10.8 Å². The molecule has 6 nitrogen and oxygen atoms in total. The van der Waals surface area contributed by atoms with E-state index in [0.717, 1.165) is 11.8 Å². The quantitative estimate of drug-likeness (QED) is 0.743. The van der Waals surface area contributed by atoms with Crippen molar-refractivity contribution in [3.05, 3.63) is 40.5 Å². The number of hydrogen-bond donors (Lipinski definition) is 0. The van der Waals surface area contributed by atoms with E-state index in [4.69, 9.17) is 4.42 Å². The van der Waals surface area contributed by atoms with Gasteiger partial charge in [-0.3, -0.25) is 4.79 Å². The minimum atomic E-state index is -0.102. The van der Waals surface area contributed by atoms with Gasteiger partial charge in [-0.05, 0) is 24.8 Å². The van der Waals surface area contributed by atoms with Crippen molar-refractivity contribution in [1.29, 1.82) is 0 Å². The normalized spacial score (nSPS) is 19.2. The predicted octanol–water partition coefficient (Wildman–Crippen LogP) is 2.98. The second-order valence-corrected chi connectivity index (χ2v) is 6.71. The van der Waals surface area contributed by atoms with Gasteiger partial charge in [0.25, 0.3) is 11.4 Å². The zero-order valence-electron chi connectivity index (χ0n) is 13.4. The van der Waals surface area contributed by atoms with Crippen LogP contribution in [0, 0.1) is 5.41 Å². The number of aryl methyl sites for hydroxylation is 1. The number of aromatic nitrogens is 4. The highest BCUT2D eigenvalue weighted by Crippen LogP contribution is 2.58. The van der Waals surface area contributed by atoms with Crippen LogP contribution in [0.2, 0.25) is 0 Å². The Labute approximate surface area is 133 Å². The molecule has 6 heteroatoms. The van der Waals surface area contributed by atoms with Gasteiger partial charge in [-0.25, -0.2) is 4.68 Å². The molecule has 0 aliphatic heterocycles. The predicted molar refractivity (Wildman–Crippen MR) is 86.1 cm³/mol. The van der Waals surface area contributed by atoms with E-state index in [9.17, 15) is 4.79 Å². The largest absolute Gasteiger partial charge is 0.419 e. The molecule has 0 N–H and O–H groups in total. The van der Waals surface area contributed by atoms with Crippen LogP contribution < -0.4 is 5.56 Å². The average molecular weight is 310 g/mol. The third-order valence-corrected chi connectivity index (χ3v) is 4.62. The maximum absolute atomic E-state index is 12.4. The van der Waals surface area contributed by atoms with Crippen molar-refractivity contribution in [2.24, 2.45) is 5.41 Å². The first-order chi connectivity index (χ1) is 11.0. The molecule has 1 aliphatic carbocycles. The van der Waals surface area contributed by atoms with Crippen molar-refractivity contribution in [2.45, 2.75) is 39.7 Å². The molecule has 0 bridgehead atoms. The minimum absolute atomic E-state index is 0.102.